The second-order valence-corrected chi connectivity index (χ2v) is 9.25. The molecule has 28 heavy (non-hydrogen) atoms. The Morgan fingerprint density at radius 1 is 0.643 bits per heavy atom. The van der Waals surface area contributed by atoms with Crippen molar-refractivity contribution in [3.05, 3.63) is 71.8 Å². The predicted molar refractivity (Wildman–Crippen MR) is 117 cm³/mol. The van der Waals surface area contributed by atoms with Gasteiger partial charge in [0.25, 0.3) is 0 Å². The molecule has 2 aromatic rings. The second-order valence-electron chi connectivity index (χ2n) is 9.25. The fraction of sp³-hybridized carbons (Fsp3) is 0.538. The fourth-order valence-electron chi connectivity index (χ4n) is 6.19. The summed E-state index contributed by atoms with van der Waals surface area (Å²) in [6.07, 6.45) is 9.61. The Hall–Kier alpha value is -1.64. The fourth-order valence-corrected chi connectivity index (χ4v) is 6.19. The van der Waals surface area contributed by atoms with E-state index in [1.807, 2.05) is 0 Å². The van der Waals surface area contributed by atoms with E-state index in [2.05, 4.69) is 70.5 Å². The van der Waals surface area contributed by atoms with Crippen molar-refractivity contribution in [2.75, 3.05) is 26.2 Å². The molecule has 0 spiro atoms. The first-order valence-electron chi connectivity index (χ1n) is 11.4. The summed E-state index contributed by atoms with van der Waals surface area (Å²) in [5.41, 5.74) is 3.15. The third kappa shape index (κ3) is 3.42. The minimum atomic E-state index is 0.150. The Kier molecular flexibility index (Phi) is 5.26. The molecular formula is C26H34N2. The highest BCUT2D eigenvalue weighted by molar-refractivity contribution is 5.40. The van der Waals surface area contributed by atoms with Gasteiger partial charge in [0.05, 0.1) is 0 Å². The van der Waals surface area contributed by atoms with Crippen LogP contribution in [0.1, 0.15) is 56.1 Å². The van der Waals surface area contributed by atoms with Gasteiger partial charge in [-0.2, -0.15) is 0 Å². The van der Waals surface area contributed by atoms with Crippen molar-refractivity contribution < 1.29 is 0 Å². The number of likely N-dealkylation sites (tertiary alicyclic amines) is 1. The van der Waals surface area contributed by atoms with E-state index >= 15 is 0 Å². The Balaban J connectivity index is 1.38. The molecule has 148 valence electrons. The first-order valence-corrected chi connectivity index (χ1v) is 11.4. The van der Waals surface area contributed by atoms with E-state index in [-0.39, 0.29) is 5.41 Å². The first-order chi connectivity index (χ1) is 13.9. The van der Waals surface area contributed by atoms with Crippen molar-refractivity contribution in [3.8, 4) is 0 Å². The number of nitrogens with zero attached hydrogens (tertiary/aromatic N) is 2. The summed E-state index contributed by atoms with van der Waals surface area (Å²) >= 11 is 0. The van der Waals surface area contributed by atoms with Crippen molar-refractivity contribution in [1.29, 1.82) is 0 Å². The molecule has 0 saturated carbocycles. The normalized spacial score (nSPS) is 28.6. The second kappa shape index (κ2) is 8.00. The van der Waals surface area contributed by atoms with Crippen LogP contribution in [0.4, 0.5) is 0 Å². The molecule has 3 aliphatic rings. The number of benzene rings is 2. The van der Waals surface area contributed by atoms with Crippen molar-refractivity contribution in [3.63, 3.8) is 0 Å². The summed E-state index contributed by atoms with van der Waals surface area (Å²) < 4.78 is 0. The third-order valence-corrected chi connectivity index (χ3v) is 7.75. The SMILES string of the molecule is c1ccc(C2(c3ccccc3)CCC3CC(N4CCCCC4)CCN3C2)cc1. The quantitative estimate of drug-likeness (QED) is 0.739. The van der Waals surface area contributed by atoms with Gasteiger partial charge in [-0.1, -0.05) is 67.1 Å². The third-order valence-electron chi connectivity index (χ3n) is 7.75. The van der Waals surface area contributed by atoms with Crippen LogP contribution >= 0.6 is 0 Å². The smallest absolute Gasteiger partial charge is 0.0330 e. The Morgan fingerprint density at radius 2 is 1.25 bits per heavy atom. The molecule has 3 aliphatic heterocycles. The molecule has 0 aliphatic carbocycles. The Morgan fingerprint density at radius 3 is 1.89 bits per heavy atom. The summed E-state index contributed by atoms with van der Waals surface area (Å²) in [6, 6.07) is 24.2. The maximum Gasteiger partial charge on any atom is 0.0330 e. The summed E-state index contributed by atoms with van der Waals surface area (Å²) in [4.78, 5) is 5.65. The van der Waals surface area contributed by atoms with Crippen molar-refractivity contribution in [1.82, 2.24) is 9.80 Å². The van der Waals surface area contributed by atoms with Gasteiger partial charge in [-0.05, 0) is 69.3 Å². The lowest BCUT2D eigenvalue weighted by Crippen LogP contribution is -2.57. The standard InChI is InChI=1S/C26H34N2/c1-4-10-22(11-5-1)26(23-12-6-2-7-13-23)16-14-24-20-25(15-19-28(24)21-26)27-17-8-3-9-18-27/h1-2,4-7,10-13,24-25H,3,8-9,14-21H2. The van der Waals surface area contributed by atoms with Crippen LogP contribution in [-0.2, 0) is 5.41 Å². The summed E-state index contributed by atoms with van der Waals surface area (Å²) in [5.74, 6) is 0. The van der Waals surface area contributed by atoms with Gasteiger partial charge >= 0.3 is 0 Å². The number of piperidine rings is 3. The van der Waals surface area contributed by atoms with Gasteiger partial charge in [-0.3, -0.25) is 4.90 Å². The van der Waals surface area contributed by atoms with Crippen LogP contribution in [0.25, 0.3) is 0 Å². The lowest BCUT2D eigenvalue weighted by molar-refractivity contribution is 0.0180. The van der Waals surface area contributed by atoms with Gasteiger partial charge in [0, 0.05) is 24.0 Å². The molecule has 2 aromatic carbocycles. The van der Waals surface area contributed by atoms with Gasteiger partial charge in [0.15, 0.2) is 0 Å². The minimum Gasteiger partial charge on any atom is -0.300 e. The molecule has 2 atom stereocenters. The molecule has 0 bridgehead atoms. The van der Waals surface area contributed by atoms with Crippen LogP contribution in [0.15, 0.2) is 60.7 Å². The molecule has 2 unspecified atom stereocenters. The van der Waals surface area contributed by atoms with Gasteiger partial charge in [-0.25, -0.2) is 0 Å². The molecule has 3 heterocycles. The maximum absolute atomic E-state index is 2.84. The van der Waals surface area contributed by atoms with Crippen LogP contribution in [0.3, 0.4) is 0 Å². The average Bonchev–Trinajstić information content (AvgIpc) is 2.80. The summed E-state index contributed by atoms with van der Waals surface area (Å²) in [5, 5.41) is 0. The largest absolute Gasteiger partial charge is 0.300 e. The monoisotopic (exact) mass is 374 g/mol. The average molecular weight is 375 g/mol. The van der Waals surface area contributed by atoms with E-state index in [0.717, 1.165) is 12.1 Å². The Labute approximate surface area is 170 Å². The molecule has 0 radical (unpaired) electrons. The van der Waals surface area contributed by atoms with Crippen molar-refractivity contribution in [2.24, 2.45) is 0 Å². The summed E-state index contributed by atoms with van der Waals surface area (Å²) in [6.45, 7) is 5.14. The molecule has 0 aromatic heterocycles. The van der Waals surface area contributed by atoms with Gasteiger partial charge in [0.2, 0.25) is 0 Å². The highest BCUT2D eigenvalue weighted by atomic mass is 15.2. The molecule has 2 heteroatoms. The number of rotatable bonds is 3. The van der Waals surface area contributed by atoms with E-state index < -0.39 is 0 Å². The molecule has 0 amide bonds. The molecule has 0 N–H and O–H groups in total. The van der Waals surface area contributed by atoms with Crippen LogP contribution in [0, 0.1) is 0 Å². The van der Waals surface area contributed by atoms with Gasteiger partial charge in [0.1, 0.15) is 0 Å². The molecule has 3 fully saturated rings. The zero-order valence-electron chi connectivity index (χ0n) is 17.1. The van der Waals surface area contributed by atoms with E-state index in [1.165, 1.54) is 82.3 Å². The molecule has 5 rings (SSSR count). The lowest BCUT2D eigenvalue weighted by Gasteiger charge is -2.52. The zero-order valence-corrected chi connectivity index (χ0v) is 17.1. The van der Waals surface area contributed by atoms with Gasteiger partial charge < -0.3 is 4.90 Å². The number of hydrogen-bond donors (Lipinski definition) is 0. The van der Waals surface area contributed by atoms with Crippen LogP contribution in [-0.4, -0.2) is 48.1 Å². The molecule has 2 nitrogen and oxygen atoms in total. The predicted octanol–water partition coefficient (Wildman–Crippen LogP) is 5.09. The minimum absolute atomic E-state index is 0.150. The number of fused-ring (bicyclic) bond motifs is 1. The van der Waals surface area contributed by atoms with E-state index in [4.69, 9.17) is 0 Å². The Bertz CT molecular complexity index is 711. The highest BCUT2D eigenvalue weighted by Crippen LogP contribution is 2.44. The van der Waals surface area contributed by atoms with E-state index in [1.54, 1.807) is 0 Å². The highest BCUT2D eigenvalue weighted by Gasteiger charge is 2.44. The van der Waals surface area contributed by atoms with Gasteiger partial charge in [-0.15, -0.1) is 0 Å². The van der Waals surface area contributed by atoms with Crippen molar-refractivity contribution >= 4 is 0 Å². The van der Waals surface area contributed by atoms with Crippen LogP contribution in [0.2, 0.25) is 0 Å². The van der Waals surface area contributed by atoms with Crippen LogP contribution < -0.4 is 0 Å². The first kappa shape index (κ1) is 18.4. The maximum atomic E-state index is 2.84. The topological polar surface area (TPSA) is 6.48 Å². The van der Waals surface area contributed by atoms with Crippen LogP contribution in [0.5, 0.6) is 0 Å². The van der Waals surface area contributed by atoms with E-state index in [9.17, 15) is 0 Å². The zero-order chi connectivity index (χ0) is 18.8. The lowest BCUT2D eigenvalue weighted by atomic mass is 9.67. The molecule has 3 saturated heterocycles. The molecular weight excluding hydrogens is 340 g/mol. The summed E-state index contributed by atoms with van der Waals surface area (Å²) in [7, 11) is 0. The number of hydrogen-bond acceptors (Lipinski definition) is 2. The van der Waals surface area contributed by atoms with E-state index in [0.29, 0.717) is 0 Å². The van der Waals surface area contributed by atoms with Crippen molar-refractivity contribution in [2.45, 2.75) is 62.4 Å².